The molecule has 18 heavy (non-hydrogen) atoms. The first-order valence-corrected chi connectivity index (χ1v) is 5.25. The van der Waals surface area contributed by atoms with Crippen molar-refractivity contribution >= 4 is 23.0 Å². The van der Waals surface area contributed by atoms with Crippen LogP contribution in [0.5, 0.6) is 0 Å². The van der Waals surface area contributed by atoms with Gasteiger partial charge in [0.1, 0.15) is 0 Å². The van der Waals surface area contributed by atoms with E-state index in [1.54, 1.807) is 24.3 Å². The van der Waals surface area contributed by atoms with E-state index in [1.165, 1.54) is 0 Å². The second kappa shape index (κ2) is 4.81. The molecule has 0 spiro atoms. The minimum Gasteiger partial charge on any atom is -0.353 e. The summed E-state index contributed by atoms with van der Waals surface area (Å²) >= 11 is 5.71. The van der Waals surface area contributed by atoms with Crippen LogP contribution < -0.4 is 5.32 Å². The highest BCUT2D eigenvalue weighted by molar-refractivity contribution is 6.30. The lowest BCUT2D eigenvalue weighted by atomic mass is 10.3. The van der Waals surface area contributed by atoms with Gasteiger partial charge < -0.3 is 5.32 Å². The third-order valence-electron chi connectivity index (χ3n) is 2.04. The van der Waals surface area contributed by atoms with Gasteiger partial charge >= 0.3 is 6.18 Å². The molecule has 1 aromatic carbocycles. The molecule has 2 rings (SSSR count). The Bertz CT molecular complexity index is 523. The lowest BCUT2D eigenvalue weighted by Crippen LogP contribution is -2.10. The van der Waals surface area contributed by atoms with Crippen molar-refractivity contribution in [3.63, 3.8) is 0 Å². The van der Waals surface area contributed by atoms with Crippen LogP contribution >= 0.6 is 11.6 Å². The van der Waals surface area contributed by atoms with Crippen molar-refractivity contribution in [1.82, 2.24) is 9.97 Å². The molecule has 0 bridgehead atoms. The van der Waals surface area contributed by atoms with Gasteiger partial charge in [-0.3, -0.25) is 0 Å². The van der Waals surface area contributed by atoms with Gasteiger partial charge in [0.15, 0.2) is 0 Å². The molecule has 0 aliphatic heterocycles. The van der Waals surface area contributed by atoms with Crippen LogP contribution in [0, 0.1) is 0 Å². The van der Waals surface area contributed by atoms with Crippen LogP contribution in [0.3, 0.4) is 0 Å². The van der Waals surface area contributed by atoms with Gasteiger partial charge in [-0.2, -0.15) is 13.2 Å². The quantitative estimate of drug-likeness (QED) is 0.902. The molecule has 0 fully saturated rings. The zero-order valence-electron chi connectivity index (χ0n) is 8.87. The molecule has 0 amide bonds. The molecule has 0 saturated carbocycles. The molecule has 1 heterocycles. The fourth-order valence-corrected chi connectivity index (χ4v) is 1.36. The highest BCUT2D eigenvalue weighted by Gasteiger charge is 2.34. The Morgan fingerprint density at radius 1 is 0.944 bits per heavy atom. The van der Waals surface area contributed by atoms with Crippen LogP contribution in [0.25, 0.3) is 0 Å². The van der Waals surface area contributed by atoms with Crippen molar-refractivity contribution in [1.29, 1.82) is 0 Å². The van der Waals surface area contributed by atoms with Crippen LogP contribution in [-0.2, 0) is 6.18 Å². The molecule has 2 aromatic rings. The van der Waals surface area contributed by atoms with Gasteiger partial charge in [0.25, 0.3) is 0 Å². The van der Waals surface area contributed by atoms with Gasteiger partial charge in [0, 0.05) is 10.7 Å². The summed E-state index contributed by atoms with van der Waals surface area (Å²) in [6.07, 6.45) is -2.38. The Morgan fingerprint density at radius 2 is 1.50 bits per heavy atom. The molecule has 0 atom stereocenters. The zero-order chi connectivity index (χ0) is 13.2. The number of hydrogen-bond donors (Lipinski definition) is 1. The van der Waals surface area contributed by atoms with Gasteiger partial charge in [-0.1, -0.05) is 11.6 Å². The standard InChI is InChI=1S/C11H7ClF3N3/c12-7-1-3-8(4-2-7)18-9-5-16-10(17-6-9)11(13,14)15/h1-6,18H. The number of hydrogen-bond acceptors (Lipinski definition) is 3. The van der Waals surface area contributed by atoms with Crippen molar-refractivity contribution in [2.45, 2.75) is 6.18 Å². The van der Waals surface area contributed by atoms with Crippen molar-refractivity contribution < 1.29 is 13.2 Å². The molecule has 0 aliphatic carbocycles. The van der Waals surface area contributed by atoms with Gasteiger partial charge in [-0.05, 0) is 24.3 Å². The van der Waals surface area contributed by atoms with Crippen LogP contribution in [-0.4, -0.2) is 9.97 Å². The minimum absolute atomic E-state index is 0.366. The molecule has 3 nitrogen and oxygen atoms in total. The maximum atomic E-state index is 12.2. The second-order valence-electron chi connectivity index (χ2n) is 3.42. The lowest BCUT2D eigenvalue weighted by Gasteiger charge is -2.07. The molecule has 0 saturated heterocycles. The third kappa shape index (κ3) is 3.10. The molecule has 7 heteroatoms. The van der Waals surface area contributed by atoms with Gasteiger partial charge in [-0.15, -0.1) is 0 Å². The van der Waals surface area contributed by atoms with Crippen molar-refractivity contribution in [2.75, 3.05) is 5.32 Å². The van der Waals surface area contributed by atoms with E-state index in [1.807, 2.05) is 0 Å². The largest absolute Gasteiger partial charge is 0.451 e. The predicted molar refractivity (Wildman–Crippen MR) is 61.8 cm³/mol. The number of alkyl halides is 3. The lowest BCUT2D eigenvalue weighted by molar-refractivity contribution is -0.144. The smallest absolute Gasteiger partial charge is 0.353 e. The van der Waals surface area contributed by atoms with Gasteiger partial charge in [-0.25, -0.2) is 9.97 Å². The second-order valence-corrected chi connectivity index (χ2v) is 3.86. The maximum absolute atomic E-state index is 12.2. The molecule has 0 aliphatic rings. The van der Waals surface area contributed by atoms with E-state index < -0.39 is 12.0 Å². The molecular formula is C11H7ClF3N3. The third-order valence-corrected chi connectivity index (χ3v) is 2.29. The number of nitrogens with one attached hydrogen (secondary N) is 1. The summed E-state index contributed by atoms with van der Waals surface area (Å²) in [6, 6.07) is 6.71. The van der Waals surface area contributed by atoms with Crippen molar-refractivity contribution in [2.24, 2.45) is 0 Å². The van der Waals surface area contributed by atoms with E-state index >= 15 is 0 Å². The maximum Gasteiger partial charge on any atom is 0.451 e. The molecule has 0 radical (unpaired) electrons. The predicted octanol–water partition coefficient (Wildman–Crippen LogP) is 3.89. The Labute approximate surface area is 106 Å². The number of nitrogens with zero attached hydrogens (tertiary/aromatic N) is 2. The van der Waals surface area contributed by atoms with Gasteiger partial charge in [0.05, 0.1) is 18.1 Å². The summed E-state index contributed by atoms with van der Waals surface area (Å²) in [6.45, 7) is 0. The first kappa shape index (κ1) is 12.6. The first-order chi connectivity index (χ1) is 8.45. The minimum atomic E-state index is -4.53. The summed E-state index contributed by atoms with van der Waals surface area (Å²) in [5.41, 5.74) is 1.05. The summed E-state index contributed by atoms with van der Waals surface area (Å²) < 4.78 is 36.7. The van der Waals surface area contributed by atoms with E-state index in [4.69, 9.17) is 11.6 Å². The monoisotopic (exact) mass is 273 g/mol. The molecule has 1 aromatic heterocycles. The highest BCUT2D eigenvalue weighted by Crippen LogP contribution is 2.26. The van der Waals surface area contributed by atoms with E-state index in [2.05, 4.69) is 15.3 Å². The van der Waals surface area contributed by atoms with Crippen LogP contribution in [0.1, 0.15) is 5.82 Å². The Hall–Kier alpha value is -1.82. The first-order valence-electron chi connectivity index (χ1n) is 4.87. The topological polar surface area (TPSA) is 37.8 Å². The van der Waals surface area contributed by atoms with E-state index in [0.29, 0.717) is 16.4 Å². The van der Waals surface area contributed by atoms with Crippen LogP contribution in [0.15, 0.2) is 36.7 Å². The van der Waals surface area contributed by atoms with Crippen molar-refractivity contribution in [3.05, 3.63) is 47.5 Å². The van der Waals surface area contributed by atoms with E-state index in [-0.39, 0.29) is 0 Å². The summed E-state index contributed by atoms with van der Waals surface area (Å²) in [7, 11) is 0. The fourth-order valence-electron chi connectivity index (χ4n) is 1.24. The molecule has 94 valence electrons. The molecule has 0 unspecified atom stereocenters. The van der Waals surface area contributed by atoms with Crippen molar-refractivity contribution in [3.8, 4) is 0 Å². The average Bonchev–Trinajstić information content (AvgIpc) is 2.32. The normalized spacial score (nSPS) is 11.3. The summed E-state index contributed by atoms with van der Waals surface area (Å²) in [4.78, 5) is 6.48. The fraction of sp³-hybridized carbons (Fsp3) is 0.0909. The number of anilines is 2. The van der Waals surface area contributed by atoms with Crippen LogP contribution in [0.4, 0.5) is 24.5 Å². The molecular weight excluding hydrogens is 267 g/mol. The number of benzene rings is 1. The average molecular weight is 274 g/mol. The Balaban J connectivity index is 2.13. The van der Waals surface area contributed by atoms with E-state index in [9.17, 15) is 13.2 Å². The zero-order valence-corrected chi connectivity index (χ0v) is 9.63. The SMILES string of the molecule is FC(F)(F)c1ncc(Nc2ccc(Cl)cc2)cn1. The highest BCUT2D eigenvalue weighted by atomic mass is 35.5. The number of halogens is 4. The molecule has 1 N–H and O–H groups in total. The summed E-state index contributed by atoms with van der Waals surface area (Å²) in [5.74, 6) is -1.16. The Kier molecular flexibility index (Phi) is 3.38. The number of aromatic nitrogens is 2. The Morgan fingerprint density at radius 3 is 2.00 bits per heavy atom. The van der Waals surface area contributed by atoms with Crippen LogP contribution in [0.2, 0.25) is 5.02 Å². The van der Waals surface area contributed by atoms with Gasteiger partial charge in [0.2, 0.25) is 5.82 Å². The van der Waals surface area contributed by atoms with E-state index in [0.717, 1.165) is 12.4 Å². The number of rotatable bonds is 2. The summed E-state index contributed by atoms with van der Waals surface area (Å²) in [5, 5.41) is 3.43.